The maximum Gasteiger partial charge on any atom is 0.245 e. The molecule has 0 radical (unpaired) electrons. The van der Waals surface area contributed by atoms with Crippen molar-refractivity contribution >= 4 is 23.4 Å². The summed E-state index contributed by atoms with van der Waals surface area (Å²) in [4.78, 5) is 43.3. The highest BCUT2D eigenvalue weighted by atomic mass is 16.2. The average Bonchev–Trinajstić information content (AvgIpc) is 2.66. The van der Waals surface area contributed by atoms with Crippen LogP contribution in [0.15, 0.2) is 24.3 Å². The number of aryl methyl sites for hydroxylation is 1. The van der Waals surface area contributed by atoms with E-state index >= 15 is 0 Å². The van der Waals surface area contributed by atoms with Gasteiger partial charge in [-0.15, -0.1) is 0 Å². The van der Waals surface area contributed by atoms with Crippen molar-refractivity contribution in [2.45, 2.75) is 65.0 Å². The first-order valence-corrected chi connectivity index (χ1v) is 10.6. The van der Waals surface area contributed by atoms with E-state index in [1.165, 1.54) is 0 Å². The Morgan fingerprint density at radius 3 is 2.10 bits per heavy atom. The molecule has 0 aromatic heterocycles. The lowest BCUT2D eigenvalue weighted by molar-refractivity contribution is -0.145. The summed E-state index contributed by atoms with van der Waals surface area (Å²) in [5, 5.41) is 3.01. The maximum absolute atomic E-state index is 13.7. The molecular formula is C23H33N3O3. The third-order valence-electron chi connectivity index (χ3n) is 5.89. The lowest BCUT2D eigenvalue weighted by Gasteiger charge is -2.43. The number of nitrogens with one attached hydrogen (secondary N) is 1. The van der Waals surface area contributed by atoms with E-state index in [-0.39, 0.29) is 36.1 Å². The Hall–Kier alpha value is -2.37. The highest BCUT2D eigenvalue weighted by molar-refractivity contribution is 6.04. The van der Waals surface area contributed by atoms with Gasteiger partial charge in [0.1, 0.15) is 6.04 Å². The standard InChI is InChI=1S/C23H33N3O3/c1-15-10-12-16(13-11-15)26-19(20(27)24-23(2,3)4)14-25(5)21(28)17-8-6-7-9-18(17)22(26)29/h10-13,17-19H,6-9,14H2,1-5H3,(H,24,27). The van der Waals surface area contributed by atoms with Crippen LogP contribution in [0.3, 0.4) is 0 Å². The van der Waals surface area contributed by atoms with Gasteiger partial charge in [-0.05, 0) is 52.7 Å². The van der Waals surface area contributed by atoms with Crippen LogP contribution in [0, 0.1) is 18.8 Å². The topological polar surface area (TPSA) is 69.7 Å². The Morgan fingerprint density at radius 2 is 1.55 bits per heavy atom. The smallest absolute Gasteiger partial charge is 0.245 e. The third kappa shape index (κ3) is 4.62. The number of hydrogen-bond donors (Lipinski definition) is 1. The van der Waals surface area contributed by atoms with Crippen LogP contribution in [0.5, 0.6) is 0 Å². The van der Waals surface area contributed by atoms with Gasteiger partial charge in [0.15, 0.2) is 0 Å². The van der Waals surface area contributed by atoms with Crippen molar-refractivity contribution in [3.05, 3.63) is 29.8 Å². The minimum atomic E-state index is -0.763. The fraction of sp³-hybridized carbons (Fsp3) is 0.609. The number of anilines is 1. The fourth-order valence-corrected chi connectivity index (χ4v) is 4.43. The van der Waals surface area contributed by atoms with E-state index in [1.807, 2.05) is 52.0 Å². The third-order valence-corrected chi connectivity index (χ3v) is 5.89. The number of likely N-dealkylation sites (N-methyl/N-ethyl adjacent to an activating group) is 1. The molecule has 1 N–H and O–H groups in total. The molecule has 1 heterocycles. The number of amides is 3. The fourth-order valence-electron chi connectivity index (χ4n) is 4.43. The number of benzene rings is 1. The largest absolute Gasteiger partial charge is 0.350 e. The Bertz CT molecular complexity index is 782. The van der Waals surface area contributed by atoms with Crippen molar-refractivity contribution in [2.75, 3.05) is 18.5 Å². The molecule has 1 aliphatic heterocycles. The molecule has 3 unspecified atom stereocenters. The predicted octanol–water partition coefficient (Wildman–Crippen LogP) is 2.89. The normalized spacial score (nSPS) is 25.9. The van der Waals surface area contributed by atoms with E-state index < -0.39 is 11.6 Å². The Balaban J connectivity index is 2.07. The number of fused-ring (bicyclic) bond motifs is 1. The predicted molar refractivity (Wildman–Crippen MR) is 113 cm³/mol. The van der Waals surface area contributed by atoms with Crippen molar-refractivity contribution in [2.24, 2.45) is 11.8 Å². The van der Waals surface area contributed by atoms with Crippen LogP contribution in [-0.2, 0) is 14.4 Å². The molecule has 6 nitrogen and oxygen atoms in total. The van der Waals surface area contributed by atoms with Gasteiger partial charge in [0.05, 0.1) is 12.5 Å². The maximum atomic E-state index is 13.7. The minimum absolute atomic E-state index is 0.0137. The second-order valence-electron chi connectivity index (χ2n) is 9.52. The zero-order chi connectivity index (χ0) is 21.3. The molecule has 0 spiro atoms. The molecule has 1 aliphatic carbocycles. The number of carbonyl (C=O) groups is 3. The summed E-state index contributed by atoms with van der Waals surface area (Å²) in [5.74, 6) is -1.01. The van der Waals surface area contributed by atoms with Crippen LogP contribution in [0.4, 0.5) is 5.69 Å². The van der Waals surface area contributed by atoms with Crippen LogP contribution in [-0.4, -0.2) is 47.8 Å². The van der Waals surface area contributed by atoms with Crippen molar-refractivity contribution in [3.63, 3.8) is 0 Å². The number of rotatable bonds is 2. The number of hydrogen-bond acceptors (Lipinski definition) is 3. The Labute approximate surface area is 173 Å². The lowest BCUT2D eigenvalue weighted by atomic mass is 9.76. The van der Waals surface area contributed by atoms with Crippen LogP contribution in [0.1, 0.15) is 52.0 Å². The molecule has 2 fully saturated rings. The summed E-state index contributed by atoms with van der Waals surface area (Å²) in [6, 6.07) is 6.93. The molecule has 1 saturated carbocycles. The molecule has 1 aromatic rings. The SMILES string of the molecule is Cc1ccc(N2C(=O)C3CCCCC3C(=O)N(C)CC2C(=O)NC(C)(C)C)cc1. The molecule has 158 valence electrons. The van der Waals surface area contributed by atoms with Gasteiger partial charge in [0, 0.05) is 24.2 Å². The second kappa shape index (κ2) is 8.17. The molecule has 6 heteroatoms. The summed E-state index contributed by atoms with van der Waals surface area (Å²) in [6.45, 7) is 7.92. The van der Waals surface area contributed by atoms with Gasteiger partial charge >= 0.3 is 0 Å². The summed E-state index contributed by atoms with van der Waals surface area (Å²) in [6.07, 6.45) is 3.33. The molecule has 3 rings (SSSR count). The molecule has 0 bridgehead atoms. The van der Waals surface area contributed by atoms with E-state index in [1.54, 1.807) is 16.8 Å². The summed E-state index contributed by atoms with van der Waals surface area (Å²) in [5.41, 5.74) is 1.37. The van der Waals surface area contributed by atoms with E-state index in [4.69, 9.17) is 0 Å². The van der Waals surface area contributed by atoms with E-state index in [0.717, 1.165) is 24.8 Å². The monoisotopic (exact) mass is 399 g/mol. The van der Waals surface area contributed by atoms with E-state index in [9.17, 15) is 14.4 Å². The first kappa shape index (κ1) is 21.3. The Morgan fingerprint density at radius 1 is 1.00 bits per heavy atom. The first-order chi connectivity index (χ1) is 13.6. The van der Waals surface area contributed by atoms with Crippen LogP contribution in [0.2, 0.25) is 0 Å². The van der Waals surface area contributed by atoms with Crippen molar-refractivity contribution in [1.82, 2.24) is 10.2 Å². The summed E-state index contributed by atoms with van der Waals surface area (Å²) in [7, 11) is 1.74. The van der Waals surface area contributed by atoms with Crippen LogP contribution >= 0.6 is 0 Å². The van der Waals surface area contributed by atoms with E-state index in [0.29, 0.717) is 12.1 Å². The van der Waals surface area contributed by atoms with Gasteiger partial charge in [-0.2, -0.15) is 0 Å². The lowest BCUT2D eigenvalue weighted by Crippen LogP contribution is -2.62. The van der Waals surface area contributed by atoms with Gasteiger partial charge in [0.25, 0.3) is 0 Å². The molecule has 1 saturated heterocycles. The zero-order valence-corrected chi connectivity index (χ0v) is 18.2. The Kier molecular flexibility index (Phi) is 6.01. The molecule has 1 aromatic carbocycles. The molecular weight excluding hydrogens is 366 g/mol. The molecule has 29 heavy (non-hydrogen) atoms. The van der Waals surface area contributed by atoms with Gasteiger partial charge < -0.3 is 10.2 Å². The van der Waals surface area contributed by atoms with Gasteiger partial charge in [-0.3, -0.25) is 19.3 Å². The number of carbonyl (C=O) groups excluding carboxylic acids is 3. The van der Waals surface area contributed by atoms with Gasteiger partial charge in [-0.1, -0.05) is 30.5 Å². The molecule has 2 aliphatic rings. The molecule has 3 atom stereocenters. The van der Waals surface area contributed by atoms with Crippen LogP contribution < -0.4 is 10.2 Å². The minimum Gasteiger partial charge on any atom is -0.350 e. The van der Waals surface area contributed by atoms with Crippen LogP contribution in [0.25, 0.3) is 0 Å². The number of nitrogens with zero attached hydrogens (tertiary/aromatic N) is 2. The average molecular weight is 400 g/mol. The first-order valence-electron chi connectivity index (χ1n) is 10.6. The van der Waals surface area contributed by atoms with Crippen molar-refractivity contribution in [1.29, 1.82) is 0 Å². The summed E-state index contributed by atoms with van der Waals surface area (Å²) < 4.78 is 0. The molecule has 3 amide bonds. The summed E-state index contributed by atoms with van der Waals surface area (Å²) >= 11 is 0. The van der Waals surface area contributed by atoms with E-state index in [2.05, 4.69) is 5.32 Å². The van der Waals surface area contributed by atoms with Crippen molar-refractivity contribution in [3.8, 4) is 0 Å². The van der Waals surface area contributed by atoms with Gasteiger partial charge in [-0.25, -0.2) is 0 Å². The quantitative estimate of drug-likeness (QED) is 0.831. The van der Waals surface area contributed by atoms with Gasteiger partial charge in [0.2, 0.25) is 17.7 Å². The zero-order valence-electron chi connectivity index (χ0n) is 18.2. The van der Waals surface area contributed by atoms with Crippen molar-refractivity contribution < 1.29 is 14.4 Å². The highest BCUT2D eigenvalue weighted by Gasteiger charge is 2.46. The second-order valence-corrected chi connectivity index (χ2v) is 9.52. The highest BCUT2D eigenvalue weighted by Crippen LogP contribution is 2.36.